The molecule has 1 aromatic heterocycles. The maximum absolute atomic E-state index is 12.0. The van der Waals surface area contributed by atoms with Crippen molar-refractivity contribution in [3.63, 3.8) is 0 Å². The van der Waals surface area contributed by atoms with Crippen LogP contribution in [0, 0.1) is 0 Å². The van der Waals surface area contributed by atoms with Gasteiger partial charge in [-0.3, -0.25) is 0 Å². The van der Waals surface area contributed by atoms with Crippen LogP contribution >= 0.6 is 15.9 Å². The summed E-state index contributed by atoms with van der Waals surface area (Å²) in [5.74, 6) is 0.915. The highest BCUT2D eigenvalue weighted by Gasteiger charge is 2.23. The molecule has 0 saturated carbocycles. The first-order valence-corrected chi connectivity index (χ1v) is 8.48. The molecule has 0 N–H and O–H groups in total. The topological polar surface area (TPSA) is 75.5 Å². The summed E-state index contributed by atoms with van der Waals surface area (Å²) in [6.45, 7) is 0.375. The molecule has 3 aromatic rings. The third kappa shape index (κ3) is 4.02. The number of hydrogen-bond acceptors (Lipinski definition) is 6. The van der Waals surface area contributed by atoms with Crippen molar-refractivity contribution in [2.45, 2.75) is 6.54 Å². The Morgan fingerprint density at radius 1 is 1.04 bits per heavy atom. The molecule has 26 heavy (non-hydrogen) atoms. The number of nitrogens with zero attached hydrogens (tertiary/aromatic N) is 3. The van der Waals surface area contributed by atoms with Gasteiger partial charge in [0.1, 0.15) is 11.5 Å². The first-order chi connectivity index (χ1) is 12.6. The number of halogens is 1. The zero-order valence-corrected chi connectivity index (χ0v) is 15.8. The van der Waals surface area contributed by atoms with E-state index in [0.29, 0.717) is 12.3 Å². The third-order valence-electron chi connectivity index (χ3n) is 3.59. The van der Waals surface area contributed by atoms with Crippen LogP contribution in [0.3, 0.4) is 0 Å². The predicted molar refractivity (Wildman–Crippen MR) is 97.7 cm³/mol. The summed E-state index contributed by atoms with van der Waals surface area (Å²) in [5.41, 5.74) is 0.969. The average Bonchev–Trinajstić information content (AvgIpc) is 3.06. The second-order valence-corrected chi connectivity index (χ2v) is 6.21. The van der Waals surface area contributed by atoms with Crippen molar-refractivity contribution < 1.29 is 19.0 Å². The molecule has 0 aliphatic carbocycles. The lowest BCUT2D eigenvalue weighted by Gasteiger charge is -2.10. The van der Waals surface area contributed by atoms with Gasteiger partial charge in [-0.25, -0.2) is 9.48 Å². The van der Waals surface area contributed by atoms with Crippen molar-refractivity contribution in [3.8, 4) is 17.4 Å². The van der Waals surface area contributed by atoms with E-state index in [2.05, 4.69) is 26.2 Å². The molecule has 7 nitrogen and oxygen atoms in total. The molecule has 8 heteroatoms. The van der Waals surface area contributed by atoms with Gasteiger partial charge >= 0.3 is 5.97 Å². The number of hydrogen-bond donors (Lipinski definition) is 0. The summed E-state index contributed by atoms with van der Waals surface area (Å²) in [7, 11) is 2.90. The smallest absolute Gasteiger partial charge is 0.364 e. The molecule has 0 aliphatic heterocycles. The second-order valence-electron chi connectivity index (χ2n) is 5.30. The molecule has 0 atom stereocenters. The SMILES string of the molecule is COC(=O)c1nnn(Cc2ccc(OC)cc2)c1Oc1ccc(Br)cc1. The fourth-order valence-corrected chi connectivity index (χ4v) is 2.52. The average molecular weight is 418 g/mol. The van der Waals surface area contributed by atoms with Crippen molar-refractivity contribution in [2.24, 2.45) is 0 Å². The van der Waals surface area contributed by atoms with Crippen molar-refractivity contribution in [3.05, 3.63) is 64.3 Å². The van der Waals surface area contributed by atoms with Crippen LogP contribution in [-0.2, 0) is 11.3 Å². The minimum absolute atomic E-state index is 0.0175. The maximum atomic E-state index is 12.0. The van der Waals surface area contributed by atoms with Crippen molar-refractivity contribution in [1.29, 1.82) is 0 Å². The van der Waals surface area contributed by atoms with E-state index in [1.165, 1.54) is 11.8 Å². The zero-order valence-electron chi connectivity index (χ0n) is 14.2. The Morgan fingerprint density at radius 2 is 1.69 bits per heavy atom. The maximum Gasteiger partial charge on any atom is 0.364 e. The Bertz CT molecular complexity index is 892. The van der Waals surface area contributed by atoms with Gasteiger partial charge in [0.2, 0.25) is 5.69 Å². The van der Waals surface area contributed by atoms with E-state index in [1.807, 2.05) is 36.4 Å². The van der Waals surface area contributed by atoms with E-state index >= 15 is 0 Å². The minimum Gasteiger partial charge on any atom is -0.497 e. The fraction of sp³-hybridized carbons (Fsp3) is 0.167. The molecule has 134 valence electrons. The molecule has 0 amide bonds. The number of ether oxygens (including phenoxy) is 3. The molecule has 0 radical (unpaired) electrons. The van der Waals surface area contributed by atoms with Gasteiger partial charge in [0.05, 0.1) is 20.8 Å². The third-order valence-corrected chi connectivity index (χ3v) is 4.12. The number of aromatic nitrogens is 3. The van der Waals surface area contributed by atoms with E-state index in [-0.39, 0.29) is 11.6 Å². The number of esters is 1. The van der Waals surface area contributed by atoms with Crippen molar-refractivity contribution in [2.75, 3.05) is 14.2 Å². The van der Waals surface area contributed by atoms with Crippen LogP contribution in [0.25, 0.3) is 0 Å². The summed E-state index contributed by atoms with van der Waals surface area (Å²) in [6, 6.07) is 14.7. The summed E-state index contributed by atoms with van der Waals surface area (Å²) in [5, 5.41) is 7.95. The number of rotatable bonds is 6. The lowest BCUT2D eigenvalue weighted by Crippen LogP contribution is -2.07. The van der Waals surface area contributed by atoms with Gasteiger partial charge in [-0.2, -0.15) is 0 Å². The van der Waals surface area contributed by atoms with Gasteiger partial charge in [-0.05, 0) is 42.0 Å². The normalized spacial score (nSPS) is 10.4. The van der Waals surface area contributed by atoms with Gasteiger partial charge < -0.3 is 14.2 Å². The number of carbonyl (C=O) groups is 1. The van der Waals surface area contributed by atoms with Crippen LogP contribution in [0.1, 0.15) is 16.1 Å². The van der Waals surface area contributed by atoms with Crippen LogP contribution < -0.4 is 9.47 Å². The monoisotopic (exact) mass is 417 g/mol. The minimum atomic E-state index is -0.613. The van der Waals surface area contributed by atoms with Crippen LogP contribution in [0.4, 0.5) is 0 Å². The second kappa shape index (κ2) is 8.01. The first kappa shape index (κ1) is 17.9. The molecule has 0 bridgehead atoms. The Kier molecular flexibility index (Phi) is 5.52. The molecular weight excluding hydrogens is 402 g/mol. The van der Waals surface area contributed by atoms with Crippen LogP contribution in [0.5, 0.6) is 17.4 Å². The van der Waals surface area contributed by atoms with E-state index in [0.717, 1.165) is 15.8 Å². The summed E-state index contributed by atoms with van der Waals surface area (Å²) >= 11 is 3.37. The molecule has 0 spiro atoms. The Labute approximate surface area is 158 Å². The van der Waals surface area contributed by atoms with Gasteiger partial charge in [-0.15, -0.1) is 5.10 Å². The van der Waals surface area contributed by atoms with E-state index in [9.17, 15) is 4.79 Å². The highest BCUT2D eigenvalue weighted by atomic mass is 79.9. The lowest BCUT2D eigenvalue weighted by molar-refractivity contribution is 0.0590. The van der Waals surface area contributed by atoms with E-state index in [4.69, 9.17) is 14.2 Å². The highest BCUT2D eigenvalue weighted by Crippen LogP contribution is 2.27. The van der Waals surface area contributed by atoms with E-state index < -0.39 is 5.97 Å². The Morgan fingerprint density at radius 3 is 2.31 bits per heavy atom. The molecule has 0 unspecified atom stereocenters. The molecule has 1 heterocycles. The lowest BCUT2D eigenvalue weighted by atomic mass is 10.2. The molecular formula is C18H16BrN3O4. The zero-order chi connectivity index (χ0) is 18.5. The summed E-state index contributed by atoms with van der Waals surface area (Å²) in [4.78, 5) is 12.0. The van der Waals surface area contributed by atoms with E-state index in [1.54, 1.807) is 19.2 Å². The molecule has 0 saturated heterocycles. The molecule has 0 aliphatic rings. The number of benzene rings is 2. The Hall–Kier alpha value is -2.87. The quantitative estimate of drug-likeness (QED) is 0.569. The van der Waals surface area contributed by atoms with Crippen LogP contribution in [0.2, 0.25) is 0 Å². The van der Waals surface area contributed by atoms with Crippen molar-refractivity contribution >= 4 is 21.9 Å². The standard InChI is InChI=1S/C18H16BrN3O4/c1-24-14-7-3-12(4-8-14)11-22-17(16(20-21-22)18(23)25-2)26-15-9-5-13(19)6-10-15/h3-10H,11H2,1-2H3. The van der Waals surface area contributed by atoms with Crippen molar-refractivity contribution in [1.82, 2.24) is 15.0 Å². The first-order valence-electron chi connectivity index (χ1n) is 7.69. The Balaban J connectivity index is 1.92. The summed E-state index contributed by atoms with van der Waals surface area (Å²) < 4.78 is 18.2. The highest BCUT2D eigenvalue weighted by molar-refractivity contribution is 9.10. The largest absolute Gasteiger partial charge is 0.497 e. The molecule has 0 fully saturated rings. The molecule has 2 aromatic carbocycles. The molecule has 3 rings (SSSR count). The van der Waals surface area contributed by atoms with Crippen LogP contribution in [0.15, 0.2) is 53.0 Å². The van der Waals surface area contributed by atoms with Gasteiger partial charge in [-0.1, -0.05) is 33.3 Å². The van der Waals surface area contributed by atoms with Gasteiger partial charge in [0, 0.05) is 4.47 Å². The van der Waals surface area contributed by atoms with Gasteiger partial charge in [0.25, 0.3) is 5.88 Å². The van der Waals surface area contributed by atoms with Gasteiger partial charge in [0.15, 0.2) is 0 Å². The predicted octanol–water partition coefficient (Wildman–Crippen LogP) is 3.68. The van der Waals surface area contributed by atoms with Crippen LogP contribution in [-0.4, -0.2) is 35.2 Å². The number of methoxy groups -OCH3 is 2. The fourth-order valence-electron chi connectivity index (χ4n) is 2.25. The summed E-state index contributed by atoms with van der Waals surface area (Å²) in [6.07, 6.45) is 0. The number of carbonyl (C=O) groups excluding carboxylic acids is 1.